The molecular weight excluding hydrogens is 509 g/mol. The van der Waals surface area contributed by atoms with Crippen molar-refractivity contribution in [1.29, 1.82) is 0 Å². The van der Waals surface area contributed by atoms with Crippen LogP contribution in [0.4, 0.5) is 5.69 Å². The lowest BCUT2D eigenvalue weighted by Gasteiger charge is -2.08. The number of amides is 1. The van der Waals surface area contributed by atoms with Crippen LogP contribution in [-0.2, 0) is 11.2 Å². The fraction of sp³-hybridized carbons (Fsp3) is 0.111. The van der Waals surface area contributed by atoms with Crippen LogP contribution < -0.4 is 5.32 Å². The normalized spacial score (nSPS) is 11.2. The summed E-state index contributed by atoms with van der Waals surface area (Å²) in [6.07, 6.45) is 2.03. The molecule has 0 aliphatic rings. The Morgan fingerprint density at radius 2 is 1.69 bits per heavy atom. The molecule has 0 spiro atoms. The fourth-order valence-corrected chi connectivity index (χ4v) is 4.43. The summed E-state index contributed by atoms with van der Waals surface area (Å²) in [5.74, 6) is 0.0384. The Kier molecular flexibility index (Phi) is 5.90. The second-order valence-corrected chi connectivity index (χ2v) is 9.07. The van der Waals surface area contributed by atoms with Crippen LogP contribution in [0.5, 0.6) is 0 Å². The molecule has 158 valence electrons. The number of fused-ring (bicyclic) bond motifs is 2. The van der Waals surface area contributed by atoms with Crippen LogP contribution in [0.15, 0.2) is 84.9 Å². The topological polar surface area (TPSA) is 57.8 Å². The van der Waals surface area contributed by atoms with Gasteiger partial charge in [-0.15, -0.1) is 0 Å². The molecule has 0 aliphatic carbocycles. The summed E-state index contributed by atoms with van der Waals surface area (Å²) >= 11 is 2.26. The van der Waals surface area contributed by atoms with E-state index in [0.717, 1.165) is 49.9 Å². The minimum Gasteiger partial charge on any atom is -0.353 e. The van der Waals surface area contributed by atoms with Gasteiger partial charge in [0.1, 0.15) is 0 Å². The molecule has 3 aromatic carbocycles. The van der Waals surface area contributed by atoms with E-state index >= 15 is 0 Å². The lowest BCUT2D eigenvalue weighted by atomic mass is 10.0. The van der Waals surface area contributed by atoms with Gasteiger partial charge < -0.3 is 10.3 Å². The Balaban J connectivity index is 1.38. The van der Waals surface area contributed by atoms with Gasteiger partial charge in [-0.05, 0) is 83.5 Å². The molecule has 2 heterocycles. The molecule has 2 aromatic heterocycles. The second-order valence-electron chi connectivity index (χ2n) is 7.82. The van der Waals surface area contributed by atoms with Gasteiger partial charge in [-0.25, -0.2) is 4.98 Å². The van der Waals surface area contributed by atoms with Crippen molar-refractivity contribution in [2.75, 3.05) is 5.32 Å². The number of aryl methyl sites for hydroxylation is 1. The van der Waals surface area contributed by atoms with E-state index < -0.39 is 0 Å². The van der Waals surface area contributed by atoms with E-state index in [4.69, 9.17) is 4.98 Å². The lowest BCUT2D eigenvalue weighted by molar-refractivity contribution is -0.116. The van der Waals surface area contributed by atoms with Gasteiger partial charge in [-0.2, -0.15) is 0 Å². The SMILES string of the molecule is O=C(CCCc1c(-c2ccc3ccccc3n2)[nH]c2ccccc12)Nc1ccc(I)cc1. The number of benzene rings is 3. The van der Waals surface area contributed by atoms with Crippen LogP contribution in [0, 0.1) is 3.57 Å². The summed E-state index contributed by atoms with van der Waals surface area (Å²) in [7, 11) is 0. The highest BCUT2D eigenvalue weighted by atomic mass is 127. The molecule has 5 aromatic rings. The number of para-hydroxylation sites is 2. The Hall–Kier alpha value is -3.19. The molecule has 4 nitrogen and oxygen atoms in total. The van der Waals surface area contributed by atoms with Crippen LogP contribution in [0.1, 0.15) is 18.4 Å². The quantitative estimate of drug-likeness (QED) is 0.233. The Labute approximate surface area is 200 Å². The maximum atomic E-state index is 12.5. The number of rotatable bonds is 6. The van der Waals surface area contributed by atoms with E-state index in [1.54, 1.807) is 0 Å². The smallest absolute Gasteiger partial charge is 0.224 e. The average molecular weight is 531 g/mol. The number of hydrogen-bond donors (Lipinski definition) is 2. The Morgan fingerprint density at radius 3 is 2.56 bits per heavy atom. The first kappa shape index (κ1) is 20.7. The van der Waals surface area contributed by atoms with E-state index in [1.807, 2.05) is 48.5 Å². The number of pyridine rings is 1. The van der Waals surface area contributed by atoms with Gasteiger partial charge in [-0.3, -0.25) is 4.79 Å². The zero-order valence-electron chi connectivity index (χ0n) is 17.4. The molecule has 2 N–H and O–H groups in total. The molecular formula is C27H22IN3O. The van der Waals surface area contributed by atoms with Gasteiger partial charge in [0.2, 0.25) is 5.91 Å². The summed E-state index contributed by atoms with van der Waals surface area (Å²) in [6.45, 7) is 0. The van der Waals surface area contributed by atoms with Crippen molar-refractivity contribution in [2.45, 2.75) is 19.3 Å². The predicted molar refractivity (Wildman–Crippen MR) is 140 cm³/mol. The first-order valence-corrected chi connectivity index (χ1v) is 11.8. The van der Waals surface area contributed by atoms with Crippen LogP contribution in [0.3, 0.4) is 0 Å². The van der Waals surface area contributed by atoms with Gasteiger partial charge in [0, 0.05) is 32.0 Å². The number of aromatic amines is 1. The van der Waals surface area contributed by atoms with Crippen molar-refractivity contribution in [3.8, 4) is 11.4 Å². The number of aromatic nitrogens is 2. The number of anilines is 1. The number of carbonyl (C=O) groups excluding carboxylic acids is 1. The molecule has 0 atom stereocenters. The molecule has 1 amide bonds. The molecule has 0 fully saturated rings. The Bertz CT molecular complexity index is 1410. The van der Waals surface area contributed by atoms with Gasteiger partial charge in [0.25, 0.3) is 0 Å². The molecule has 5 rings (SSSR count). The molecule has 5 heteroatoms. The maximum absolute atomic E-state index is 12.5. The minimum atomic E-state index is 0.0384. The molecule has 0 radical (unpaired) electrons. The third kappa shape index (κ3) is 4.39. The van der Waals surface area contributed by atoms with Gasteiger partial charge in [0.15, 0.2) is 0 Å². The number of H-pyrrole nitrogens is 1. The standard InChI is InChI=1S/C27H22IN3O/c28-19-13-15-20(16-14-19)29-26(32)11-5-8-22-21-7-2-4-10-24(21)31-27(22)25-17-12-18-6-1-3-9-23(18)30-25/h1-4,6-7,9-10,12-17,31H,5,8,11H2,(H,29,32). The van der Waals surface area contributed by atoms with Gasteiger partial charge >= 0.3 is 0 Å². The largest absolute Gasteiger partial charge is 0.353 e. The molecule has 0 unspecified atom stereocenters. The van der Waals surface area contributed by atoms with E-state index in [-0.39, 0.29) is 5.91 Å². The number of carbonyl (C=O) groups is 1. The van der Waals surface area contributed by atoms with E-state index in [0.29, 0.717) is 6.42 Å². The van der Waals surface area contributed by atoms with Gasteiger partial charge in [-0.1, -0.05) is 42.5 Å². The van der Waals surface area contributed by atoms with Crippen LogP contribution in [0.25, 0.3) is 33.2 Å². The zero-order valence-corrected chi connectivity index (χ0v) is 19.6. The maximum Gasteiger partial charge on any atom is 0.224 e. The van der Waals surface area contributed by atoms with Crippen LogP contribution in [0.2, 0.25) is 0 Å². The first-order chi connectivity index (χ1) is 15.7. The minimum absolute atomic E-state index is 0.0384. The van der Waals surface area contributed by atoms with E-state index in [9.17, 15) is 4.79 Å². The Morgan fingerprint density at radius 1 is 0.906 bits per heavy atom. The molecule has 32 heavy (non-hydrogen) atoms. The summed E-state index contributed by atoms with van der Waals surface area (Å²) in [4.78, 5) is 20.9. The summed E-state index contributed by atoms with van der Waals surface area (Å²) in [5, 5.41) is 5.31. The third-order valence-electron chi connectivity index (χ3n) is 5.63. The van der Waals surface area contributed by atoms with E-state index in [1.165, 1.54) is 10.9 Å². The number of halogens is 1. The summed E-state index contributed by atoms with van der Waals surface area (Å²) in [5.41, 5.74) is 6.09. The summed E-state index contributed by atoms with van der Waals surface area (Å²) in [6, 6.07) is 28.5. The fourth-order valence-electron chi connectivity index (χ4n) is 4.07. The third-order valence-corrected chi connectivity index (χ3v) is 6.35. The highest BCUT2D eigenvalue weighted by Crippen LogP contribution is 2.31. The van der Waals surface area contributed by atoms with Crippen LogP contribution >= 0.6 is 22.6 Å². The molecule has 0 saturated heterocycles. The van der Waals surface area contributed by atoms with Crippen LogP contribution in [-0.4, -0.2) is 15.9 Å². The highest BCUT2D eigenvalue weighted by molar-refractivity contribution is 14.1. The zero-order chi connectivity index (χ0) is 21.9. The molecule has 0 saturated carbocycles. The average Bonchev–Trinajstić information content (AvgIpc) is 3.19. The second kappa shape index (κ2) is 9.12. The van der Waals surface area contributed by atoms with Crippen molar-refractivity contribution in [2.24, 2.45) is 0 Å². The van der Waals surface area contributed by atoms with Crippen molar-refractivity contribution in [1.82, 2.24) is 9.97 Å². The highest BCUT2D eigenvalue weighted by Gasteiger charge is 2.15. The first-order valence-electron chi connectivity index (χ1n) is 10.7. The van der Waals surface area contributed by atoms with Crippen molar-refractivity contribution < 1.29 is 4.79 Å². The predicted octanol–water partition coefficient (Wildman–Crippen LogP) is 6.95. The number of hydrogen-bond acceptors (Lipinski definition) is 2. The monoisotopic (exact) mass is 531 g/mol. The molecule has 0 bridgehead atoms. The number of nitrogens with zero attached hydrogens (tertiary/aromatic N) is 1. The lowest BCUT2D eigenvalue weighted by Crippen LogP contribution is -2.11. The molecule has 0 aliphatic heterocycles. The van der Waals surface area contributed by atoms with Crippen molar-refractivity contribution >= 4 is 56.0 Å². The van der Waals surface area contributed by atoms with E-state index in [2.05, 4.69) is 69.3 Å². The summed E-state index contributed by atoms with van der Waals surface area (Å²) < 4.78 is 1.15. The number of nitrogens with one attached hydrogen (secondary N) is 2. The van der Waals surface area contributed by atoms with Gasteiger partial charge in [0.05, 0.1) is 16.9 Å². The van der Waals surface area contributed by atoms with Crippen molar-refractivity contribution in [3.05, 3.63) is 94.1 Å². The van der Waals surface area contributed by atoms with Crippen molar-refractivity contribution in [3.63, 3.8) is 0 Å².